The second-order valence-corrected chi connectivity index (χ2v) is 5.74. The molecule has 0 aliphatic carbocycles. The van der Waals surface area contributed by atoms with E-state index in [-0.39, 0.29) is 0 Å². The average molecular weight is 313 g/mol. The first kappa shape index (κ1) is 14.5. The zero-order chi connectivity index (χ0) is 15.4. The zero-order valence-electron chi connectivity index (χ0n) is 12.1. The van der Waals surface area contributed by atoms with Crippen LogP contribution in [0.5, 0.6) is 5.75 Å². The zero-order valence-corrected chi connectivity index (χ0v) is 12.9. The number of thiophene rings is 1. The lowest BCUT2D eigenvalue weighted by Gasteiger charge is -2.05. The van der Waals surface area contributed by atoms with Crippen molar-refractivity contribution in [1.82, 2.24) is 0 Å². The molecule has 1 aromatic heterocycles. The Morgan fingerprint density at radius 1 is 1.27 bits per heavy atom. The van der Waals surface area contributed by atoms with Crippen LogP contribution in [-0.2, 0) is 9.63 Å². The molecule has 1 aliphatic heterocycles. The summed E-state index contributed by atoms with van der Waals surface area (Å²) >= 11 is 1.56. The Morgan fingerprint density at radius 2 is 2.09 bits per heavy atom. The van der Waals surface area contributed by atoms with Crippen LogP contribution in [0.15, 0.2) is 52.5 Å². The van der Waals surface area contributed by atoms with Crippen LogP contribution in [-0.4, -0.2) is 18.3 Å². The normalized spacial score (nSPS) is 15.8. The van der Waals surface area contributed by atoms with Crippen LogP contribution in [0.1, 0.15) is 23.8 Å². The summed E-state index contributed by atoms with van der Waals surface area (Å²) in [4.78, 5) is 17.7. The molecule has 0 bridgehead atoms. The number of carbonyl (C=O) groups excluding carboxylic acids is 1. The van der Waals surface area contributed by atoms with E-state index in [1.165, 1.54) is 0 Å². The number of carbonyl (C=O) groups is 1. The number of benzene rings is 1. The first-order valence-electron chi connectivity index (χ1n) is 7.06. The van der Waals surface area contributed by atoms with Crippen molar-refractivity contribution >= 4 is 29.1 Å². The highest BCUT2D eigenvalue weighted by Gasteiger charge is 2.26. The summed E-state index contributed by atoms with van der Waals surface area (Å²) in [6.45, 7) is 2.75. The molecule has 1 aliphatic rings. The van der Waals surface area contributed by atoms with Crippen LogP contribution >= 0.6 is 11.3 Å². The van der Waals surface area contributed by atoms with Crippen LogP contribution in [0, 0.1) is 0 Å². The van der Waals surface area contributed by atoms with E-state index in [1.807, 2.05) is 41.8 Å². The fraction of sp³-hybridized carbons (Fsp3) is 0.176. The van der Waals surface area contributed by atoms with Gasteiger partial charge in [-0.3, -0.25) is 0 Å². The molecular formula is C17H15NO3S. The topological polar surface area (TPSA) is 47.9 Å². The van der Waals surface area contributed by atoms with Crippen LogP contribution in [0.25, 0.3) is 6.08 Å². The molecule has 1 aromatic carbocycles. The van der Waals surface area contributed by atoms with Crippen molar-refractivity contribution in [2.45, 2.75) is 13.3 Å². The van der Waals surface area contributed by atoms with Crippen molar-refractivity contribution in [2.24, 2.45) is 5.16 Å². The Balaban J connectivity index is 1.85. The minimum Gasteiger partial charge on any atom is -0.494 e. The fourth-order valence-electron chi connectivity index (χ4n) is 2.06. The van der Waals surface area contributed by atoms with Crippen molar-refractivity contribution in [3.63, 3.8) is 0 Å². The molecule has 5 heteroatoms. The molecule has 0 atom stereocenters. The van der Waals surface area contributed by atoms with E-state index < -0.39 is 5.97 Å². The quantitative estimate of drug-likeness (QED) is 0.621. The molecule has 22 heavy (non-hydrogen) atoms. The highest BCUT2D eigenvalue weighted by atomic mass is 32.1. The van der Waals surface area contributed by atoms with E-state index >= 15 is 0 Å². The molecule has 0 N–H and O–H groups in total. The van der Waals surface area contributed by atoms with E-state index in [0.717, 1.165) is 22.6 Å². The van der Waals surface area contributed by atoms with Crippen LogP contribution < -0.4 is 4.74 Å². The Bertz CT molecular complexity index is 715. The van der Waals surface area contributed by atoms with Gasteiger partial charge in [-0.15, -0.1) is 11.3 Å². The maximum Gasteiger partial charge on any atom is 0.368 e. The van der Waals surface area contributed by atoms with Crippen molar-refractivity contribution in [1.29, 1.82) is 0 Å². The molecule has 2 heterocycles. The highest BCUT2D eigenvalue weighted by Crippen LogP contribution is 2.23. The van der Waals surface area contributed by atoms with Gasteiger partial charge >= 0.3 is 5.97 Å². The molecule has 112 valence electrons. The van der Waals surface area contributed by atoms with Gasteiger partial charge in [0.15, 0.2) is 0 Å². The molecule has 0 saturated heterocycles. The lowest BCUT2D eigenvalue weighted by Crippen LogP contribution is -2.06. The highest BCUT2D eigenvalue weighted by molar-refractivity contribution is 7.10. The smallest absolute Gasteiger partial charge is 0.368 e. The molecule has 3 rings (SSSR count). The molecule has 4 nitrogen and oxygen atoms in total. The summed E-state index contributed by atoms with van der Waals surface area (Å²) in [5, 5.41) is 5.87. The number of hydrogen-bond donors (Lipinski definition) is 0. The lowest BCUT2D eigenvalue weighted by molar-refractivity contribution is -0.136. The summed E-state index contributed by atoms with van der Waals surface area (Å²) in [6.07, 6.45) is 2.77. The summed E-state index contributed by atoms with van der Waals surface area (Å²) < 4.78 is 5.55. The van der Waals surface area contributed by atoms with E-state index in [9.17, 15) is 4.79 Å². The van der Waals surface area contributed by atoms with Gasteiger partial charge in [0.1, 0.15) is 11.5 Å². The minimum absolute atomic E-state index is 0.422. The van der Waals surface area contributed by atoms with Crippen molar-refractivity contribution < 1.29 is 14.4 Å². The van der Waals surface area contributed by atoms with Gasteiger partial charge in [0.2, 0.25) is 0 Å². The fourth-order valence-corrected chi connectivity index (χ4v) is 2.72. The van der Waals surface area contributed by atoms with Crippen LogP contribution in [0.3, 0.4) is 0 Å². The van der Waals surface area contributed by atoms with Crippen molar-refractivity contribution in [2.75, 3.05) is 6.61 Å². The summed E-state index contributed by atoms with van der Waals surface area (Å²) in [6, 6.07) is 11.4. The van der Waals surface area contributed by atoms with Gasteiger partial charge in [-0.05, 0) is 48.2 Å². The second-order valence-electron chi connectivity index (χ2n) is 4.76. The predicted octanol–water partition coefficient (Wildman–Crippen LogP) is 3.88. The first-order valence-corrected chi connectivity index (χ1v) is 7.94. The molecule has 0 unspecified atom stereocenters. The lowest BCUT2D eigenvalue weighted by atomic mass is 10.0. The second kappa shape index (κ2) is 6.58. The first-order chi connectivity index (χ1) is 10.8. The third-order valence-corrected chi connectivity index (χ3v) is 3.94. The molecule has 0 fully saturated rings. The largest absolute Gasteiger partial charge is 0.494 e. The Hall–Kier alpha value is -2.40. The van der Waals surface area contributed by atoms with Crippen molar-refractivity contribution in [3.05, 3.63) is 57.8 Å². The Morgan fingerprint density at radius 3 is 2.77 bits per heavy atom. The number of nitrogens with zero attached hydrogens (tertiary/aromatic N) is 1. The van der Waals surface area contributed by atoms with E-state index in [4.69, 9.17) is 9.57 Å². The van der Waals surface area contributed by atoms with Gasteiger partial charge in [0.05, 0.1) is 12.2 Å². The number of rotatable bonds is 5. The van der Waals surface area contributed by atoms with Gasteiger partial charge in [-0.25, -0.2) is 4.79 Å². The monoisotopic (exact) mass is 313 g/mol. The van der Waals surface area contributed by atoms with Gasteiger partial charge in [0, 0.05) is 10.4 Å². The van der Waals surface area contributed by atoms with Gasteiger partial charge in [0.25, 0.3) is 0 Å². The maximum atomic E-state index is 11.9. The van der Waals surface area contributed by atoms with Gasteiger partial charge in [-0.1, -0.05) is 18.1 Å². The molecule has 2 aromatic rings. The number of oxime groups is 1. The maximum absolute atomic E-state index is 11.9. The molecule has 0 amide bonds. The van der Waals surface area contributed by atoms with Crippen LogP contribution in [0.4, 0.5) is 0 Å². The van der Waals surface area contributed by atoms with E-state index in [1.54, 1.807) is 17.4 Å². The summed E-state index contributed by atoms with van der Waals surface area (Å²) in [5.74, 6) is 0.384. The minimum atomic E-state index is -0.422. The number of ether oxygens (including phenoxy) is 1. The average Bonchev–Trinajstić information content (AvgIpc) is 3.17. The molecule has 0 saturated carbocycles. The molecule has 0 spiro atoms. The Kier molecular flexibility index (Phi) is 4.34. The van der Waals surface area contributed by atoms with E-state index in [2.05, 4.69) is 12.1 Å². The van der Waals surface area contributed by atoms with Crippen LogP contribution in [0.2, 0.25) is 0 Å². The number of hydrogen-bond acceptors (Lipinski definition) is 5. The summed E-state index contributed by atoms with van der Waals surface area (Å²) in [5.41, 5.74) is 1.86. The predicted molar refractivity (Wildman–Crippen MR) is 87.2 cm³/mol. The van der Waals surface area contributed by atoms with Crippen molar-refractivity contribution in [3.8, 4) is 5.75 Å². The van der Waals surface area contributed by atoms with E-state index in [0.29, 0.717) is 17.9 Å². The molecular weight excluding hydrogens is 298 g/mol. The standard InChI is InChI=1S/C17H15NO3S/c1-2-9-20-13-7-5-12(6-8-13)16-15(17(19)21-18-16)11-14-4-3-10-22-14/h3-8,10-11H,2,9H2,1H3/b15-11-. The van der Waals surface area contributed by atoms with Gasteiger partial charge < -0.3 is 9.57 Å². The third kappa shape index (κ3) is 3.09. The van der Waals surface area contributed by atoms with Gasteiger partial charge in [-0.2, -0.15) is 0 Å². The molecule has 0 radical (unpaired) electrons. The summed E-state index contributed by atoms with van der Waals surface area (Å²) in [7, 11) is 0. The SMILES string of the molecule is CCCOc1ccc(C2=NOC(=O)/C2=C\c2cccs2)cc1. The third-order valence-electron chi connectivity index (χ3n) is 3.13. The Labute approximate surface area is 132 Å².